The Kier molecular flexibility index (Phi) is 18.4. The van der Waals surface area contributed by atoms with Crippen molar-refractivity contribution >= 4 is 0 Å². The molecule has 0 amide bonds. The lowest BCUT2D eigenvalue weighted by atomic mass is 9.99. The highest BCUT2D eigenvalue weighted by Gasteiger charge is 2.09. The zero-order valence-electron chi connectivity index (χ0n) is 19.5. The molecule has 0 aliphatic heterocycles. The van der Waals surface area contributed by atoms with E-state index in [0.29, 0.717) is 6.04 Å². The number of unbranched alkanes of at least 4 members (excludes halogenated alkanes) is 14. The average Bonchev–Trinajstić information content (AvgIpc) is 2.76. The van der Waals surface area contributed by atoms with E-state index in [1.165, 1.54) is 108 Å². The van der Waals surface area contributed by atoms with Crippen LogP contribution in [0.1, 0.15) is 128 Å². The van der Waals surface area contributed by atoms with Crippen LogP contribution in [0.25, 0.3) is 0 Å². The molecule has 1 aromatic rings. The van der Waals surface area contributed by atoms with E-state index in [9.17, 15) is 0 Å². The quantitative estimate of drug-likeness (QED) is 0.205. The number of benzene rings is 1. The highest BCUT2D eigenvalue weighted by molar-refractivity contribution is 5.18. The Balaban J connectivity index is 1.95. The molecular weight excluding hydrogens is 352 g/mol. The highest BCUT2D eigenvalue weighted by atomic mass is 14.9. The molecule has 0 bridgehead atoms. The molecule has 1 unspecified atom stereocenters. The van der Waals surface area contributed by atoms with Crippen LogP contribution in [0.5, 0.6) is 0 Å². The summed E-state index contributed by atoms with van der Waals surface area (Å²) in [7, 11) is 0. The monoisotopic (exact) mass is 402 g/mol. The minimum atomic E-state index is 0.490. The zero-order chi connectivity index (χ0) is 20.8. The van der Waals surface area contributed by atoms with Crippen LogP contribution in [0.2, 0.25) is 0 Å². The summed E-state index contributed by atoms with van der Waals surface area (Å²) in [5.41, 5.74) is 7.07. The maximum absolute atomic E-state index is 5.65. The van der Waals surface area contributed by atoms with Gasteiger partial charge in [0.25, 0.3) is 0 Å². The second-order valence-corrected chi connectivity index (χ2v) is 8.80. The lowest BCUT2D eigenvalue weighted by molar-refractivity contribution is 0.461. The Morgan fingerprint density at radius 1 is 0.655 bits per heavy atom. The van der Waals surface area contributed by atoms with Crippen LogP contribution in [0, 0.1) is 0 Å². The van der Waals surface area contributed by atoms with E-state index >= 15 is 0 Å². The Labute approximate surface area is 182 Å². The molecule has 0 aliphatic carbocycles. The van der Waals surface area contributed by atoms with Gasteiger partial charge in [0.1, 0.15) is 0 Å². The molecule has 3 N–H and O–H groups in total. The van der Waals surface area contributed by atoms with Gasteiger partial charge in [-0.3, -0.25) is 0 Å². The van der Waals surface area contributed by atoms with Crippen LogP contribution in [0.4, 0.5) is 0 Å². The minimum Gasteiger partial charge on any atom is -0.330 e. The third-order valence-corrected chi connectivity index (χ3v) is 6.07. The van der Waals surface area contributed by atoms with Gasteiger partial charge >= 0.3 is 0 Å². The molecule has 168 valence electrons. The van der Waals surface area contributed by atoms with Gasteiger partial charge in [-0.2, -0.15) is 0 Å². The largest absolute Gasteiger partial charge is 0.330 e. The van der Waals surface area contributed by atoms with Crippen LogP contribution < -0.4 is 11.1 Å². The summed E-state index contributed by atoms with van der Waals surface area (Å²) in [6.45, 7) is 4.09. The topological polar surface area (TPSA) is 38.0 Å². The van der Waals surface area contributed by atoms with Crippen molar-refractivity contribution in [2.75, 3.05) is 13.1 Å². The smallest absolute Gasteiger partial charge is 0.0320 e. The fourth-order valence-corrected chi connectivity index (χ4v) is 4.17. The number of hydrogen-bond donors (Lipinski definition) is 2. The minimum absolute atomic E-state index is 0.490. The molecule has 0 saturated carbocycles. The number of nitrogens with two attached hydrogens (primary N) is 1. The van der Waals surface area contributed by atoms with Crippen LogP contribution in [0.3, 0.4) is 0 Å². The van der Waals surface area contributed by atoms with Crippen LogP contribution >= 0.6 is 0 Å². The summed E-state index contributed by atoms with van der Waals surface area (Å²) in [5, 5.41) is 3.71. The molecule has 0 radical (unpaired) electrons. The van der Waals surface area contributed by atoms with Crippen molar-refractivity contribution in [1.82, 2.24) is 5.32 Å². The molecule has 0 saturated heterocycles. The maximum atomic E-state index is 5.65. The Hall–Kier alpha value is -0.860. The van der Waals surface area contributed by atoms with E-state index in [2.05, 4.69) is 42.6 Å². The van der Waals surface area contributed by atoms with Gasteiger partial charge < -0.3 is 11.1 Å². The molecule has 0 heterocycles. The zero-order valence-corrected chi connectivity index (χ0v) is 19.5. The summed E-state index contributed by atoms with van der Waals surface area (Å²) in [4.78, 5) is 0. The molecular formula is C27H50N2. The van der Waals surface area contributed by atoms with Gasteiger partial charge in [-0.05, 0) is 31.5 Å². The summed E-state index contributed by atoms with van der Waals surface area (Å²) >= 11 is 0. The number of nitrogens with one attached hydrogen (secondary N) is 1. The fourth-order valence-electron chi connectivity index (χ4n) is 4.17. The SMILES string of the molecule is CCCCCCCCCCCCCCCCCC(NCCCN)c1ccccc1. The first-order valence-electron chi connectivity index (χ1n) is 12.9. The molecule has 2 nitrogen and oxygen atoms in total. The molecule has 1 aromatic carbocycles. The van der Waals surface area contributed by atoms with Crippen molar-refractivity contribution < 1.29 is 0 Å². The Morgan fingerprint density at radius 3 is 1.62 bits per heavy atom. The summed E-state index contributed by atoms with van der Waals surface area (Å²) in [5.74, 6) is 0. The lowest BCUT2D eigenvalue weighted by Crippen LogP contribution is -2.24. The normalized spacial score (nSPS) is 12.3. The highest BCUT2D eigenvalue weighted by Crippen LogP contribution is 2.21. The number of hydrogen-bond acceptors (Lipinski definition) is 2. The fraction of sp³-hybridized carbons (Fsp3) is 0.778. The van der Waals surface area contributed by atoms with Gasteiger partial charge in [0, 0.05) is 6.04 Å². The van der Waals surface area contributed by atoms with Crippen molar-refractivity contribution in [1.29, 1.82) is 0 Å². The first-order chi connectivity index (χ1) is 14.4. The first kappa shape index (κ1) is 26.2. The molecule has 0 aromatic heterocycles. The summed E-state index contributed by atoms with van der Waals surface area (Å²) in [6, 6.07) is 11.4. The average molecular weight is 403 g/mol. The second kappa shape index (κ2) is 20.4. The molecule has 2 heteroatoms. The van der Waals surface area contributed by atoms with Crippen molar-refractivity contribution in [3.8, 4) is 0 Å². The molecule has 0 fully saturated rings. The van der Waals surface area contributed by atoms with Crippen molar-refractivity contribution in [2.45, 2.75) is 122 Å². The van der Waals surface area contributed by atoms with E-state index in [4.69, 9.17) is 5.73 Å². The Morgan fingerprint density at radius 2 is 1.14 bits per heavy atom. The second-order valence-electron chi connectivity index (χ2n) is 8.80. The van der Waals surface area contributed by atoms with Gasteiger partial charge in [0.05, 0.1) is 0 Å². The van der Waals surface area contributed by atoms with E-state index < -0.39 is 0 Å². The van der Waals surface area contributed by atoms with Gasteiger partial charge in [-0.15, -0.1) is 0 Å². The summed E-state index contributed by atoms with van der Waals surface area (Å²) < 4.78 is 0. The predicted molar refractivity (Wildman–Crippen MR) is 130 cm³/mol. The molecule has 1 rings (SSSR count). The molecule has 0 aliphatic rings. The standard InChI is InChI=1S/C27H50N2/c1-2-3-4-5-6-7-8-9-10-11-12-13-14-15-19-23-27(29-25-20-24-28)26-21-17-16-18-22-26/h16-18,21-22,27,29H,2-15,19-20,23-25,28H2,1H3. The van der Waals surface area contributed by atoms with E-state index in [1.54, 1.807) is 0 Å². The van der Waals surface area contributed by atoms with Gasteiger partial charge in [0.2, 0.25) is 0 Å². The maximum Gasteiger partial charge on any atom is 0.0320 e. The van der Waals surface area contributed by atoms with Crippen molar-refractivity contribution in [3.05, 3.63) is 35.9 Å². The van der Waals surface area contributed by atoms with Gasteiger partial charge in [0.15, 0.2) is 0 Å². The lowest BCUT2D eigenvalue weighted by Gasteiger charge is -2.19. The van der Waals surface area contributed by atoms with Crippen molar-refractivity contribution in [2.24, 2.45) is 5.73 Å². The predicted octanol–water partition coefficient (Wildman–Crippen LogP) is 7.93. The molecule has 0 spiro atoms. The van der Waals surface area contributed by atoms with Gasteiger partial charge in [-0.1, -0.05) is 134 Å². The van der Waals surface area contributed by atoms with Gasteiger partial charge in [-0.25, -0.2) is 0 Å². The van der Waals surface area contributed by atoms with Crippen LogP contribution in [0.15, 0.2) is 30.3 Å². The van der Waals surface area contributed by atoms with Crippen molar-refractivity contribution in [3.63, 3.8) is 0 Å². The van der Waals surface area contributed by atoms with E-state index in [-0.39, 0.29) is 0 Å². The Bertz CT molecular complexity index is 431. The third kappa shape index (κ3) is 15.6. The third-order valence-electron chi connectivity index (χ3n) is 6.07. The molecule has 1 atom stereocenters. The van der Waals surface area contributed by atoms with E-state index in [1.807, 2.05) is 0 Å². The number of rotatable bonds is 21. The van der Waals surface area contributed by atoms with Crippen LogP contribution in [-0.2, 0) is 0 Å². The van der Waals surface area contributed by atoms with Crippen LogP contribution in [-0.4, -0.2) is 13.1 Å². The molecule has 29 heavy (non-hydrogen) atoms. The summed E-state index contributed by atoms with van der Waals surface area (Å²) in [6.07, 6.45) is 23.7. The van der Waals surface area contributed by atoms with E-state index in [0.717, 1.165) is 19.5 Å². The first-order valence-corrected chi connectivity index (χ1v) is 12.9.